The van der Waals surface area contributed by atoms with Gasteiger partial charge in [-0.05, 0) is 58.0 Å². The molecule has 0 aromatic heterocycles. The SMILES string of the molecule is C/C(=C\[C@H](C(C)C)N(C)C(=O)[C@@H](NC(=O)[C@H]1CCCCN1C)C(C)C)C(=O)NC1CCCCCCC1.S. The summed E-state index contributed by atoms with van der Waals surface area (Å²) < 4.78 is 0. The number of hydrogen-bond donors (Lipinski definition) is 2. The Bertz CT molecular complexity index is 762. The Kier molecular flexibility index (Phi) is 14.9. The van der Waals surface area contributed by atoms with Crippen molar-refractivity contribution in [3.05, 3.63) is 11.6 Å². The Morgan fingerprint density at radius 2 is 1.46 bits per heavy atom. The molecule has 1 aliphatic carbocycles. The summed E-state index contributed by atoms with van der Waals surface area (Å²) in [4.78, 5) is 43.5. The van der Waals surface area contributed by atoms with Gasteiger partial charge in [0.25, 0.3) is 0 Å². The van der Waals surface area contributed by atoms with Gasteiger partial charge in [0.1, 0.15) is 6.04 Å². The molecule has 2 N–H and O–H groups in total. The van der Waals surface area contributed by atoms with Crippen LogP contribution >= 0.6 is 13.5 Å². The number of piperidine rings is 1. The number of rotatable bonds is 9. The summed E-state index contributed by atoms with van der Waals surface area (Å²) in [7, 11) is 3.77. The van der Waals surface area contributed by atoms with Crippen LogP contribution in [0.5, 0.6) is 0 Å². The number of nitrogens with zero attached hydrogens (tertiary/aromatic N) is 2. The highest BCUT2D eigenvalue weighted by atomic mass is 32.1. The highest BCUT2D eigenvalue weighted by molar-refractivity contribution is 7.59. The summed E-state index contributed by atoms with van der Waals surface area (Å²) in [6.07, 6.45) is 13.1. The Morgan fingerprint density at radius 3 is 2.00 bits per heavy atom. The number of nitrogens with one attached hydrogen (secondary N) is 2. The van der Waals surface area contributed by atoms with Crippen LogP contribution in [0.25, 0.3) is 0 Å². The Hall–Kier alpha value is -1.54. The molecule has 2 fully saturated rings. The first-order chi connectivity index (χ1) is 17.0. The van der Waals surface area contributed by atoms with Crippen LogP contribution in [0.2, 0.25) is 0 Å². The van der Waals surface area contributed by atoms with Crippen molar-refractivity contribution >= 4 is 31.2 Å². The summed E-state index contributed by atoms with van der Waals surface area (Å²) in [5.74, 6) is -0.139. The van der Waals surface area contributed by atoms with Crippen LogP contribution in [0.15, 0.2) is 11.6 Å². The molecule has 0 aromatic carbocycles. The number of likely N-dealkylation sites (N-methyl/N-ethyl adjacent to an activating group) is 2. The molecule has 1 aliphatic heterocycles. The van der Waals surface area contributed by atoms with Gasteiger partial charge < -0.3 is 15.5 Å². The molecule has 1 saturated carbocycles. The van der Waals surface area contributed by atoms with Crippen molar-refractivity contribution in [2.24, 2.45) is 11.8 Å². The van der Waals surface area contributed by atoms with Crippen LogP contribution in [0.4, 0.5) is 0 Å². The van der Waals surface area contributed by atoms with Crippen molar-refractivity contribution in [1.29, 1.82) is 0 Å². The summed E-state index contributed by atoms with van der Waals surface area (Å²) in [5.41, 5.74) is 0.643. The van der Waals surface area contributed by atoms with Gasteiger partial charge in [0.15, 0.2) is 0 Å². The predicted molar refractivity (Wildman–Crippen MR) is 157 cm³/mol. The van der Waals surface area contributed by atoms with E-state index in [2.05, 4.69) is 29.4 Å². The van der Waals surface area contributed by atoms with Gasteiger partial charge in [-0.25, -0.2) is 0 Å². The highest BCUT2D eigenvalue weighted by Gasteiger charge is 2.34. The van der Waals surface area contributed by atoms with Crippen molar-refractivity contribution in [3.63, 3.8) is 0 Å². The second kappa shape index (κ2) is 16.4. The molecule has 2 rings (SSSR count). The fraction of sp³-hybridized carbons (Fsp3) is 0.828. The number of carbonyl (C=O) groups excluding carboxylic acids is 3. The van der Waals surface area contributed by atoms with Gasteiger partial charge in [0.05, 0.1) is 12.1 Å². The topological polar surface area (TPSA) is 81.8 Å². The fourth-order valence-electron chi connectivity index (χ4n) is 5.52. The number of carbonyl (C=O) groups is 3. The molecule has 8 heteroatoms. The van der Waals surface area contributed by atoms with E-state index in [1.807, 2.05) is 33.9 Å². The zero-order chi connectivity index (χ0) is 26.8. The van der Waals surface area contributed by atoms with Crippen LogP contribution in [0.1, 0.15) is 98.8 Å². The molecule has 0 spiro atoms. The average Bonchev–Trinajstić information content (AvgIpc) is 2.81. The molecule has 3 atom stereocenters. The van der Waals surface area contributed by atoms with E-state index in [0.717, 1.165) is 38.6 Å². The van der Waals surface area contributed by atoms with E-state index in [4.69, 9.17) is 0 Å². The molecule has 3 amide bonds. The molecule has 37 heavy (non-hydrogen) atoms. The molecule has 0 aromatic rings. The first kappa shape index (κ1) is 33.5. The second-order valence-electron chi connectivity index (χ2n) is 11.8. The van der Waals surface area contributed by atoms with Gasteiger partial charge in [-0.15, -0.1) is 0 Å². The van der Waals surface area contributed by atoms with E-state index in [1.54, 1.807) is 11.9 Å². The maximum atomic E-state index is 13.6. The summed E-state index contributed by atoms with van der Waals surface area (Å²) in [6.45, 7) is 10.8. The van der Waals surface area contributed by atoms with E-state index in [-0.39, 0.29) is 61.2 Å². The maximum Gasteiger partial charge on any atom is 0.246 e. The van der Waals surface area contributed by atoms with Gasteiger partial charge >= 0.3 is 0 Å². The van der Waals surface area contributed by atoms with Crippen molar-refractivity contribution in [2.75, 3.05) is 20.6 Å². The molecule has 1 saturated heterocycles. The Labute approximate surface area is 233 Å². The summed E-state index contributed by atoms with van der Waals surface area (Å²) in [5, 5.41) is 6.29. The third-order valence-corrected chi connectivity index (χ3v) is 8.00. The summed E-state index contributed by atoms with van der Waals surface area (Å²) in [6, 6.07) is -0.790. The molecular formula is C29H54N4O3S. The van der Waals surface area contributed by atoms with Gasteiger partial charge in [0, 0.05) is 18.7 Å². The molecule has 0 radical (unpaired) electrons. The van der Waals surface area contributed by atoms with Crippen molar-refractivity contribution < 1.29 is 14.4 Å². The number of hydrogen-bond acceptors (Lipinski definition) is 4. The molecular weight excluding hydrogens is 484 g/mol. The zero-order valence-corrected chi connectivity index (χ0v) is 25.4. The lowest BCUT2D eigenvalue weighted by Gasteiger charge is -2.36. The molecule has 214 valence electrons. The largest absolute Gasteiger partial charge is 0.350 e. The third kappa shape index (κ3) is 10.3. The first-order valence-corrected chi connectivity index (χ1v) is 14.3. The van der Waals surface area contributed by atoms with Gasteiger partial charge in [-0.2, -0.15) is 13.5 Å². The quantitative estimate of drug-likeness (QED) is 0.427. The smallest absolute Gasteiger partial charge is 0.246 e. The minimum absolute atomic E-state index is 0. The number of amides is 3. The maximum absolute atomic E-state index is 13.6. The standard InChI is InChI=1S/C29H52N4O3.H2S/c1-20(2)25(19-22(5)27(34)30-23-15-11-9-8-10-12-16-23)33(7)29(36)26(21(3)4)31-28(35)24-17-13-14-18-32(24)6;/h19-21,23-26H,8-18H2,1-7H3,(H,30,34)(H,31,35);1H2/b22-19+;/t24-,25-,26+;/m1./s1. The number of likely N-dealkylation sites (tertiary alicyclic amines) is 1. The van der Waals surface area contributed by atoms with E-state index in [9.17, 15) is 14.4 Å². The van der Waals surface area contributed by atoms with Crippen LogP contribution in [0, 0.1) is 11.8 Å². The lowest BCUT2D eigenvalue weighted by Crippen LogP contribution is -2.57. The van der Waals surface area contributed by atoms with Crippen molar-refractivity contribution in [2.45, 2.75) is 123 Å². The summed E-state index contributed by atoms with van der Waals surface area (Å²) >= 11 is 0. The predicted octanol–water partition coefficient (Wildman–Crippen LogP) is 4.38. The molecule has 0 unspecified atom stereocenters. The fourth-order valence-corrected chi connectivity index (χ4v) is 5.52. The Morgan fingerprint density at radius 1 is 0.892 bits per heavy atom. The molecule has 1 heterocycles. The van der Waals surface area contributed by atoms with Gasteiger partial charge in [0.2, 0.25) is 17.7 Å². The minimum Gasteiger partial charge on any atom is -0.350 e. The first-order valence-electron chi connectivity index (χ1n) is 14.3. The van der Waals surface area contributed by atoms with Crippen LogP contribution in [-0.2, 0) is 14.4 Å². The van der Waals surface area contributed by atoms with Gasteiger partial charge in [-0.3, -0.25) is 19.3 Å². The van der Waals surface area contributed by atoms with E-state index >= 15 is 0 Å². The molecule has 7 nitrogen and oxygen atoms in total. The van der Waals surface area contributed by atoms with Gasteiger partial charge in [-0.1, -0.05) is 72.3 Å². The molecule has 0 bridgehead atoms. The van der Waals surface area contributed by atoms with E-state index in [1.165, 1.54) is 32.1 Å². The minimum atomic E-state index is -0.600. The van der Waals surface area contributed by atoms with Crippen molar-refractivity contribution in [3.8, 4) is 0 Å². The monoisotopic (exact) mass is 538 g/mol. The van der Waals surface area contributed by atoms with Crippen molar-refractivity contribution in [1.82, 2.24) is 20.4 Å². The Balaban J connectivity index is 0.00000684. The normalized spacial score (nSPS) is 21.9. The lowest BCUT2D eigenvalue weighted by molar-refractivity contribution is -0.139. The van der Waals surface area contributed by atoms with E-state index < -0.39 is 6.04 Å². The average molecular weight is 539 g/mol. The third-order valence-electron chi connectivity index (χ3n) is 8.00. The lowest BCUT2D eigenvalue weighted by atomic mass is 9.95. The zero-order valence-electron chi connectivity index (χ0n) is 24.4. The second-order valence-corrected chi connectivity index (χ2v) is 11.8. The molecule has 2 aliphatic rings. The van der Waals surface area contributed by atoms with Crippen LogP contribution in [-0.4, -0.2) is 72.3 Å². The highest BCUT2D eigenvalue weighted by Crippen LogP contribution is 2.20. The van der Waals surface area contributed by atoms with E-state index in [0.29, 0.717) is 5.57 Å². The van der Waals surface area contributed by atoms with Crippen LogP contribution < -0.4 is 10.6 Å². The van der Waals surface area contributed by atoms with Crippen LogP contribution in [0.3, 0.4) is 0 Å².